The zero-order valence-corrected chi connectivity index (χ0v) is 17.1. The number of aryl methyl sites for hydroxylation is 1. The highest BCUT2D eigenvalue weighted by molar-refractivity contribution is 14.0. The summed E-state index contributed by atoms with van der Waals surface area (Å²) in [5, 5.41) is 10.7. The summed E-state index contributed by atoms with van der Waals surface area (Å²) in [5.41, 5.74) is 2.28. The Kier molecular flexibility index (Phi) is 8.81. The van der Waals surface area contributed by atoms with Crippen LogP contribution in [-0.2, 0) is 13.0 Å². The molecule has 0 amide bonds. The van der Waals surface area contributed by atoms with E-state index in [1.54, 1.807) is 7.05 Å². The predicted molar refractivity (Wildman–Crippen MR) is 109 cm³/mol. The van der Waals surface area contributed by atoms with Gasteiger partial charge in [-0.3, -0.25) is 4.99 Å². The topological polar surface area (TPSA) is 62.5 Å². The molecule has 1 aromatic heterocycles. The molecule has 5 nitrogen and oxygen atoms in total. The van der Waals surface area contributed by atoms with Crippen molar-refractivity contribution in [3.8, 4) is 0 Å². The van der Waals surface area contributed by atoms with Gasteiger partial charge in [-0.25, -0.2) is 0 Å². The summed E-state index contributed by atoms with van der Waals surface area (Å²) >= 11 is 0. The molecule has 0 bridgehead atoms. The van der Waals surface area contributed by atoms with E-state index in [-0.39, 0.29) is 30.0 Å². The first kappa shape index (κ1) is 20.5. The number of rotatable bonds is 6. The second-order valence-corrected chi connectivity index (χ2v) is 5.70. The molecule has 0 radical (unpaired) electrons. The summed E-state index contributed by atoms with van der Waals surface area (Å²) in [5.74, 6) is 1.95. The standard InChI is InChI=1S/C18H26N4O.HI/c1-5-16-11-17(23-22-16)12-20-18(19-4)21-14(3)13(2)15-9-7-6-8-10-15;/h6-11,13-14H,5,12H2,1-4H3,(H2,19,20,21);1H. The van der Waals surface area contributed by atoms with E-state index in [4.69, 9.17) is 4.52 Å². The smallest absolute Gasteiger partial charge is 0.191 e. The van der Waals surface area contributed by atoms with Crippen molar-refractivity contribution in [2.75, 3.05) is 7.05 Å². The Morgan fingerprint density at radius 1 is 1.25 bits per heavy atom. The fraction of sp³-hybridized carbons (Fsp3) is 0.444. The molecule has 1 aromatic carbocycles. The van der Waals surface area contributed by atoms with Gasteiger partial charge in [-0.05, 0) is 18.9 Å². The zero-order valence-electron chi connectivity index (χ0n) is 14.7. The van der Waals surface area contributed by atoms with Gasteiger partial charge < -0.3 is 15.2 Å². The van der Waals surface area contributed by atoms with E-state index in [1.807, 2.05) is 12.1 Å². The first-order valence-electron chi connectivity index (χ1n) is 8.10. The van der Waals surface area contributed by atoms with Crippen LogP contribution in [0.5, 0.6) is 0 Å². The molecule has 2 atom stereocenters. The van der Waals surface area contributed by atoms with Gasteiger partial charge in [0.2, 0.25) is 0 Å². The van der Waals surface area contributed by atoms with Crippen molar-refractivity contribution in [1.82, 2.24) is 15.8 Å². The minimum absolute atomic E-state index is 0. The van der Waals surface area contributed by atoms with Crippen LogP contribution in [0.2, 0.25) is 0 Å². The van der Waals surface area contributed by atoms with E-state index < -0.39 is 0 Å². The minimum atomic E-state index is 0. The number of hydrogen-bond acceptors (Lipinski definition) is 3. The largest absolute Gasteiger partial charge is 0.359 e. The van der Waals surface area contributed by atoms with Gasteiger partial charge in [-0.2, -0.15) is 0 Å². The monoisotopic (exact) mass is 442 g/mol. The van der Waals surface area contributed by atoms with Gasteiger partial charge in [-0.15, -0.1) is 24.0 Å². The van der Waals surface area contributed by atoms with Crippen molar-refractivity contribution in [2.24, 2.45) is 4.99 Å². The summed E-state index contributed by atoms with van der Waals surface area (Å²) in [7, 11) is 1.77. The van der Waals surface area contributed by atoms with Crippen LogP contribution < -0.4 is 10.6 Å². The number of guanidine groups is 1. The maximum Gasteiger partial charge on any atom is 0.191 e. The van der Waals surface area contributed by atoms with E-state index in [0.717, 1.165) is 23.8 Å². The summed E-state index contributed by atoms with van der Waals surface area (Å²) in [6, 6.07) is 12.7. The number of aromatic nitrogens is 1. The molecule has 0 aliphatic carbocycles. The van der Waals surface area contributed by atoms with Crippen LogP contribution in [0.25, 0.3) is 0 Å². The minimum Gasteiger partial charge on any atom is -0.359 e. The summed E-state index contributed by atoms with van der Waals surface area (Å²) in [6.07, 6.45) is 0.877. The molecule has 0 aliphatic heterocycles. The third-order valence-electron chi connectivity index (χ3n) is 4.06. The Hall–Kier alpha value is -1.57. The molecule has 2 aromatic rings. The highest BCUT2D eigenvalue weighted by Gasteiger charge is 2.15. The molecule has 0 saturated heterocycles. The Bertz CT molecular complexity index is 627. The number of nitrogens with zero attached hydrogens (tertiary/aromatic N) is 2. The molecule has 0 fully saturated rings. The SMILES string of the molecule is CCc1cc(CNC(=NC)NC(C)C(C)c2ccccc2)on1.I. The summed E-state index contributed by atoms with van der Waals surface area (Å²) in [6.45, 7) is 7.00. The molecule has 0 spiro atoms. The number of nitrogens with one attached hydrogen (secondary N) is 2. The summed E-state index contributed by atoms with van der Waals surface area (Å²) in [4.78, 5) is 4.28. The second kappa shape index (κ2) is 10.3. The molecule has 2 N–H and O–H groups in total. The predicted octanol–water partition coefficient (Wildman–Crippen LogP) is 3.71. The van der Waals surface area contributed by atoms with Gasteiger partial charge in [0.1, 0.15) is 0 Å². The Balaban J connectivity index is 0.00000288. The third kappa shape index (κ3) is 5.81. The maximum absolute atomic E-state index is 5.28. The fourth-order valence-corrected chi connectivity index (χ4v) is 2.36. The maximum atomic E-state index is 5.28. The zero-order chi connectivity index (χ0) is 16.7. The number of hydrogen-bond donors (Lipinski definition) is 2. The van der Waals surface area contributed by atoms with Crippen molar-refractivity contribution >= 4 is 29.9 Å². The van der Waals surface area contributed by atoms with Gasteiger partial charge in [-0.1, -0.05) is 49.3 Å². The first-order valence-corrected chi connectivity index (χ1v) is 8.10. The van der Waals surface area contributed by atoms with Crippen molar-refractivity contribution in [2.45, 2.75) is 45.7 Å². The molecule has 24 heavy (non-hydrogen) atoms. The van der Waals surface area contributed by atoms with Crippen molar-refractivity contribution < 1.29 is 4.52 Å². The van der Waals surface area contributed by atoms with Crippen LogP contribution in [0.15, 0.2) is 45.9 Å². The highest BCUT2D eigenvalue weighted by atomic mass is 127. The van der Waals surface area contributed by atoms with E-state index in [2.05, 4.69) is 65.8 Å². The molecule has 132 valence electrons. The third-order valence-corrected chi connectivity index (χ3v) is 4.06. The average Bonchev–Trinajstić information content (AvgIpc) is 3.06. The van der Waals surface area contributed by atoms with Gasteiger partial charge in [0, 0.05) is 25.1 Å². The lowest BCUT2D eigenvalue weighted by Gasteiger charge is -2.23. The van der Waals surface area contributed by atoms with Gasteiger partial charge >= 0.3 is 0 Å². The first-order chi connectivity index (χ1) is 11.1. The quantitative estimate of drug-likeness (QED) is 0.407. The molecule has 2 rings (SSSR count). The number of benzene rings is 1. The van der Waals surface area contributed by atoms with Gasteiger partial charge in [0.15, 0.2) is 11.7 Å². The van der Waals surface area contributed by atoms with Crippen molar-refractivity contribution in [3.05, 3.63) is 53.4 Å². The van der Waals surface area contributed by atoms with Crippen LogP contribution >= 0.6 is 24.0 Å². The lowest BCUT2D eigenvalue weighted by atomic mass is 9.94. The molecule has 0 aliphatic rings. The molecule has 0 saturated carbocycles. The van der Waals surface area contributed by atoms with Crippen LogP contribution in [0.4, 0.5) is 0 Å². The molecule has 6 heteroatoms. The number of aliphatic imine (C=N–C) groups is 1. The second-order valence-electron chi connectivity index (χ2n) is 5.70. The van der Waals surface area contributed by atoms with Crippen LogP contribution in [0.3, 0.4) is 0 Å². The van der Waals surface area contributed by atoms with Gasteiger partial charge in [0.05, 0.1) is 12.2 Å². The number of halogens is 1. The molecule has 1 heterocycles. The fourth-order valence-electron chi connectivity index (χ4n) is 2.36. The Morgan fingerprint density at radius 2 is 1.96 bits per heavy atom. The highest BCUT2D eigenvalue weighted by Crippen LogP contribution is 2.18. The van der Waals surface area contributed by atoms with Crippen molar-refractivity contribution in [3.63, 3.8) is 0 Å². The van der Waals surface area contributed by atoms with E-state index >= 15 is 0 Å². The Labute approximate surface area is 161 Å². The molecule has 2 unspecified atom stereocenters. The lowest BCUT2D eigenvalue weighted by Crippen LogP contribution is -2.43. The summed E-state index contributed by atoms with van der Waals surface area (Å²) < 4.78 is 5.28. The normalized spacial score (nSPS) is 13.8. The lowest BCUT2D eigenvalue weighted by molar-refractivity contribution is 0.374. The van der Waals surface area contributed by atoms with Crippen LogP contribution in [0.1, 0.15) is 43.7 Å². The van der Waals surface area contributed by atoms with Crippen LogP contribution in [0, 0.1) is 0 Å². The van der Waals surface area contributed by atoms with E-state index in [9.17, 15) is 0 Å². The van der Waals surface area contributed by atoms with E-state index in [0.29, 0.717) is 12.5 Å². The van der Waals surface area contributed by atoms with Crippen molar-refractivity contribution in [1.29, 1.82) is 0 Å². The van der Waals surface area contributed by atoms with Gasteiger partial charge in [0.25, 0.3) is 0 Å². The average molecular weight is 442 g/mol. The van der Waals surface area contributed by atoms with E-state index in [1.165, 1.54) is 5.56 Å². The molecular weight excluding hydrogens is 415 g/mol. The van der Waals surface area contributed by atoms with Crippen LogP contribution in [-0.4, -0.2) is 24.2 Å². The Morgan fingerprint density at radius 3 is 2.54 bits per heavy atom. The molecular formula is C18H27IN4O.